The van der Waals surface area contributed by atoms with Crippen molar-refractivity contribution in [2.45, 2.75) is 13.2 Å². The Morgan fingerprint density at radius 1 is 1.00 bits per heavy atom. The highest BCUT2D eigenvalue weighted by Crippen LogP contribution is 2.28. The number of anilines is 1. The van der Waals surface area contributed by atoms with E-state index in [9.17, 15) is 9.18 Å². The van der Waals surface area contributed by atoms with Crippen LogP contribution >= 0.6 is 0 Å². The first kappa shape index (κ1) is 20.5. The van der Waals surface area contributed by atoms with Gasteiger partial charge in [0.25, 0.3) is 5.91 Å². The Hall–Kier alpha value is -3.77. The van der Waals surface area contributed by atoms with Crippen LogP contribution in [0.1, 0.15) is 21.5 Å². The van der Waals surface area contributed by atoms with E-state index in [4.69, 9.17) is 4.74 Å². The maximum absolute atomic E-state index is 13.4. The third-order valence-corrected chi connectivity index (χ3v) is 4.88. The molecule has 0 atom stereocenters. The predicted octanol–water partition coefficient (Wildman–Crippen LogP) is 5.14. The fourth-order valence-corrected chi connectivity index (χ4v) is 3.38. The first-order valence-corrected chi connectivity index (χ1v) is 9.88. The molecule has 0 unspecified atom stereocenters. The molecule has 0 aliphatic heterocycles. The number of imidazole rings is 1. The summed E-state index contributed by atoms with van der Waals surface area (Å²) in [4.78, 5) is 17.6. The highest BCUT2D eigenvalue weighted by Gasteiger charge is 2.17. The molecule has 0 saturated heterocycles. The number of rotatable bonds is 7. The maximum atomic E-state index is 13.4. The number of hydrogen-bond donors (Lipinski definition) is 1. The van der Waals surface area contributed by atoms with Gasteiger partial charge in [0.2, 0.25) is 0 Å². The van der Waals surface area contributed by atoms with Gasteiger partial charge in [-0.15, -0.1) is 0 Å². The summed E-state index contributed by atoms with van der Waals surface area (Å²) in [5.41, 5.74) is 3.80. The normalized spacial score (nSPS) is 10.8. The molecule has 1 N–H and O–H groups in total. The number of carbonyl (C=O) groups is 1. The lowest BCUT2D eigenvalue weighted by molar-refractivity contribution is 0.102. The molecule has 0 aliphatic rings. The Bertz CT molecular complexity index is 1170. The van der Waals surface area contributed by atoms with E-state index < -0.39 is 0 Å². The number of halogens is 1. The number of ether oxygens (including phenoxy) is 1. The van der Waals surface area contributed by atoms with Crippen molar-refractivity contribution in [2.75, 3.05) is 12.4 Å². The molecular formula is C25H22FN3O2. The standard InChI is InChI=1S/C25H22FN3O2/c1-31-16-19-8-5-9-21(14-19)25(30)28-24-23(20-10-12-22(26)13-11-20)27-17-29(24)15-18-6-3-2-4-7-18/h2-14,17H,15-16H2,1H3,(H,28,30). The molecule has 31 heavy (non-hydrogen) atoms. The molecule has 156 valence electrons. The first-order valence-electron chi connectivity index (χ1n) is 9.88. The van der Waals surface area contributed by atoms with Gasteiger partial charge in [-0.05, 0) is 47.5 Å². The lowest BCUT2D eigenvalue weighted by Gasteiger charge is -2.13. The average molecular weight is 415 g/mol. The minimum atomic E-state index is -0.326. The van der Waals surface area contributed by atoms with Gasteiger partial charge in [0.1, 0.15) is 17.3 Å². The molecule has 0 spiro atoms. The summed E-state index contributed by atoms with van der Waals surface area (Å²) in [5.74, 6) is -0.0262. The summed E-state index contributed by atoms with van der Waals surface area (Å²) >= 11 is 0. The smallest absolute Gasteiger partial charge is 0.256 e. The molecule has 1 aromatic heterocycles. The van der Waals surface area contributed by atoms with Gasteiger partial charge < -0.3 is 14.6 Å². The molecule has 5 nitrogen and oxygen atoms in total. The van der Waals surface area contributed by atoms with Gasteiger partial charge in [0.05, 0.1) is 19.5 Å². The van der Waals surface area contributed by atoms with Crippen molar-refractivity contribution in [1.29, 1.82) is 0 Å². The van der Waals surface area contributed by atoms with Crippen LogP contribution in [0.5, 0.6) is 0 Å². The van der Waals surface area contributed by atoms with E-state index in [1.54, 1.807) is 37.7 Å². The van der Waals surface area contributed by atoms with Crippen molar-refractivity contribution in [3.05, 3.63) is 108 Å². The van der Waals surface area contributed by atoms with Crippen molar-refractivity contribution in [2.24, 2.45) is 0 Å². The van der Waals surface area contributed by atoms with Crippen LogP contribution in [0.25, 0.3) is 11.3 Å². The molecule has 4 rings (SSSR count). The highest BCUT2D eigenvalue weighted by molar-refractivity contribution is 6.05. The maximum Gasteiger partial charge on any atom is 0.256 e. The van der Waals surface area contributed by atoms with Crippen LogP contribution in [-0.4, -0.2) is 22.6 Å². The molecule has 1 amide bonds. The number of carbonyl (C=O) groups excluding carboxylic acids is 1. The zero-order chi connectivity index (χ0) is 21.6. The Morgan fingerprint density at radius 2 is 1.74 bits per heavy atom. The number of hydrogen-bond acceptors (Lipinski definition) is 3. The largest absolute Gasteiger partial charge is 0.380 e. The van der Waals surface area contributed by atoms with E-state index in [0.29, 0.717) is 30.2 Å². The van der Waals surface area contributed by atoms with E-state index >= 15 is 0 Å². The second kappa shape index (κ2) is 9.36. The van der Waals surface area contributed by atoms with Crippen LogP contribution in [0, 0.1) is 5.82 Å². The van der Waals surface area contributed by atoms with Crippen LogP contribution in [0.2, 0.25) is 0 Å². The SMILES string of the molecule is COCc1cccc(C(=O)Nc2c(-c3ccc(F)cc3)ncn2Cc2ccccc2)c1. The molecule has 0 saturated carbocycles. The van der Waals surface area contributed by atoms with Crippen molar-refractivity contribution in [3.63, 3.8) is 0 Å². The van der Waals surface area contributed by atoms with Crippen molar-refractivity contribution in [3.8, 4) is 11.3 Å². The van der Waals surface area contributed by atoms with E-state index in [1.165, 1.54) is 12.1 Å². The molecule has 4 aromatic rings. The lowest BCUT2D eigenvalue weighted by atomic mass is 10.1. The number of nitrogens with zero attached hydrogens (tertiary/aromatic N) is 2. The Morgan fingerprint density at radius 3 is 2.48 bits per heavy atom. The van der Waals surface area contributed by atoms with Crippen LogP contribution in [0.15, 0.2) is 85.2 Å². The Labute approximate surface area is 180 Å². The van der Waals surface area contributed by atoms with Crippen LogP contribution in [0.4, 0.5) is 10.2 Å². The van der Waals surface area contributed by atoms with Gasteiger partial charge >= 0.3 is 0 Å². The van der Waals surface area contributed by atoms with Gasteiger partial charge in [-0.1, -0.05) is 42.5 Å². The number of benzene rings is 3. The number of aromatic nitrogens is 2. The second-order valence-electron chi connectivity index (χ2n) is 7.15. The molecule has 6 heteroatoms. The molecule has 0 aliphatic carbocycles. The fraction of sp³-hybridized carbons (Fsp3) is 0.120. The van der Waals surface area contributed by atoms with Gasteiger partial charge in [0, 0.05) is 18.2 Å². The van der Waals surface area contributed by atoms with E-state index in [0.717, 1.165) is 16.7 Å². The van der Waals surface area contributed by atoms with E-state index in [1.807, 2.05) is 47.0 Å². The first-order chi connectivity index (χ1) is 15.1. The second-order valence-corrected chi connectivity index (χ2v) is 7.15. The summed E-state index contributed by atoms with van der Waals surface area (Å²) in [6.07, 6.45) is 1.68. The van der Waals surface area contributed by atoms with Crippen LogP contribution in [0.3, 0.4) is 0 Å². The molecule has 1 heterocycles. The number of amides is 1. The predicted molar refractivity (Wildman–Crippen MR) is 118 cm³/mol. The molecular weight excluding hydrogens is 393 g/mol. The third kappa shape index (κ3) is 4.87. The lowest BCUT2D eigenvalue weighted by Crippen LogP contribution is -2.16. The monoisotopic (exact) mass is 415 g/mol. The van der Waals surface area contributed by atoms with Crippen LogP contribution < -0.4 is 5.32 Å². The van der Waals surface area contributed by atoms with Gasteiger partial charge in [0.15, 0.2) is 0 Å². The van der Waals surface area contributed by atoms with Gasteiger partial charge in [-0.2, -0.15) is 0 Å². The van der Waals surface area contributed by atoms with Crippen LogP contribution in [-0.2, 0) is 17.9 Å². The highest BCUT2D eigenvalue weighted by atomic mass is 19.1. The topological polar surface area (TPSA) is 56.1 Å². The van der Waals surface area contributed by atoms with E-state index in [-0.39, 0.29) is 11.7 Å². The summed E-state index contributed by atoms with van der Waals surface area (Å²) in [6.45, 7) is 0.961. The summed E-state index contributed by atoms with van der Waals surface area (Å²) in [6, 6.07) is 23.3. The summed E-state index contributed by atoms with van der Waals surface area (Å²) in [5, 5.41) is 3.01. The quantitative estimate of drug-likeness (QED) is 0.455. The minimum Gasteiger partial charge on any atom is -0.380 e. The Kier molecular flexibility index (Phi) is 6.19. The Balaban J connectivity index is 1.69. The molecule has 0 bridgehead atoms. The summed E-state index contributed by atoms with van der Waals surface area (Å²) in [7, 11) is 1.61. The molecule has 0 radical (unpaired) electrons. The fourth-order valence-electron chi connectivity index (χ4n) is 3.38. The minimum absolute atomic E-state index is 0.254. The molecule has 3 aromatic carbocycles. The van der Waals surface area contributed by atoms with E-state index in [2.05, 4.69) is 10.3 Å². The average Bonchev–Trinajstić information content (AvgIpc) is 3.17. The number of methoxy groups -OCH3 is 1. The van der Waals surface area contributed by atoms with Gasteiger partial charge in [-0.3, -0.25) is 4.79 Å². The van der Waals surface area contributed by atoms with Crippen molar-refractivity contribution in [1.82, 2.24) is 9.55 Å². The number of nitrogens with one attached hydrogen (secondary N) is 1. The van der Waals surface area contributed by atoms with Gasteiger partial charge in [-0.25, -0.2) is 9.37 Å². The van der Waals surface area contributed by atoms with Crippen molar-refractivity contribution < 1.29 is 13.9 Å². The third-order valence-electron chi connectivity index (χ3n) is 4.88. The summed E-state index contributed by atoms with van der Waals surface area (Å²) < 4.78 is 20.5. The van der Waals surface area contributed by atoms with Crippen molar-refractivity contribution >= 4 is 11.7 Å². The molecule has 0 fully saturated rings. The zero-order valence-corrected chi connectivity index (χ0v) is 17.1. The zero-order valence-electron chi connectivity index (χ0n) is 17.1.